The molecule has 6 nitrogen and oxygen atoms in total. The first-order chi connectivity index (χ1) is 10.3. The minimum Gasteiger partial charge on any atom is -0.489 e. The molecule has 3 heterocycles. The van der Waals surface area contributed by atoms with E-state index in [2.05, 4.69) is 4.90 Å². The molecule has 6 heteroatoms. The molecular formula is C15H18N2O4. The molecule has 0 aliphatic carbocycles. The Morgan fingerprint density at radius 2 is 2.29 bits per heavy atom. The predicted molar refractivity (Wildman–Crippen MR) is 77.0 cm³/mol. The van der Waals surface area contributed by atoms with Crippen LogP contribution in [0.4, 0.5) is 16.2 Å². The van der Waals surface area contributed by atoms with E-state index in [1.54, 1.807) is 4.90 Å². The molecule has 1 aromatic carbocycles. The standard InChI is InChI=1S/C15H18N2O4/c18-8-12-7-17(15(19)21-12)10-3-4-13-14(6-10)20-9-11-2-1-5-16(11)13/h3-4,6,11-12,18H,1-2,5,7-9H2/t11-,12+/m0/s1. The summed E-state index contributed by atoms with van der Waals surface area (Å²) in [5, 5.41) is 9.11. The van der Waals surface area contributed by atoms with E-state index in [-0.39, 0.29) is 6.61 Å². The van der Waals surface area contributed by atoms with E-state index in [9.17, 15) is 4.79 Å². The number of amides is 1. The average molecular weight is 290 g/mol. The highest BCUT2D eigenvalue weighted by Gasteiger charge is 2.35. The summed E-state index contributed by atoms with van der Waals surface area (Å²) in [4.78, 5) is 15.8. The normalized spacial score (nSPS) is 27.2. The molecule has 0 bridgehead atoms. The van der Waals surface area contributed by atoms with Gasteiger partial charge in [-0.1, -0.05) is 0 Å². The van der Waals surface area contributed by atoms with Crippen molar-refractivity contribution in [2.24, 2.45) is 0 Å². The zero-order valence-corrected chi connectivity index (χ0v) is 11.7. The lowest BCUT2D eigenvalue weighted by Crippen LogP contribution is -2.38. The molecule has 0 radical (unpaired) electrons. The third-order valence-electron chi connectivity index (χ3n) is 4.45. The molecule has 1 amide bonds. The topological polar surface area (TPSA) is 62.2 Å². The molecular weight excluding hydrogens is 272 g/mol. The lowest BCUT2D eigenvalue weighted by atomic mass is 10.1. The molecule has 2 fully saturated rings. The van der Waals surface area contributed by atoms with Gasteiger partial charge in [-0.25, -0.2) is 4.79 Å². The van der Waals surface area contributed by atoms with E-state index >= 15 is 0 Å². The smallest absolute Gasteiger partial charge is 0.414 e. The number of cyclic esters (lactones) is 1. The highest BCUT2D eigenvalue weighted by atomic mass is 16.6. The predicted octanol–water partition coefficient (Wildman–Crippen LogP) is 1.37. The number of carbonyl (C=O) groups excluding carboxylic acids is 1. The summed E-state index contributed by atoms with van der Waals surface area (Å²) in [6.45, 7) is 2.00. The number of carbonyl (C=O) groups is 1. The van der Waals surface area contributed by atoms with Crippen molar-refractivity contribution >= 4 is 17.5 Å². The Morgan fingerprint density at radius 3 is 3.10 bits per heavy atom. The number of hydrogen-bond donors (Lipinski definition) is 1. The number of aliphatic hydroxyl groups excluding tert-OH is 1. The third-order valence-corrected chi connectivity index (χ3v) is 4.45. The van der Waals surface area contributed by atoms with Crippen LogP contribution in [0.3, 0.4) is 0 Å². The average Bonchev–Trinajstić information content (AvgIpc) is 3.12. The SMILES string of the molecule is O=C1O[C@@H](CO)CN1c1ccc2c(c1)OC[C@@H]1CCCN21. The molecule has 2 atom stereocenters. The number of fused-ring (bicyclic) bond motifs is 3. The summed E-state index contributed by atoms with van der Waals surface area (Å²) in [5.74, 6) is 0.825. The van der Waals surface area contributed by atoms with Crippen molar-refractivity contribution in [2.75, 3.05) is 36.1 Å². The zero-order chi connectivity index (χ0) is 14.4. The Balaban J connectivity index is 1.63. The summed E-state index contributed by atoms with van der Waals surface area (Å²) < 4.78 is 10.9. The second kappa shape index (κ2) is 4.80. The van der Waals surface area contributed by atoms with Gasteiger partial charge in [-0.2, -0.15) is 0 Å². The maximum atomic E-state index is 11.8. The molecule has 112 valence electrons. The van der Waals surface area contributed by atoms with Crippen LogP contribution in [0.2, 0.25) is 0 Å². The van der Waals surface area contributed by atoms with Gasteiger partial charge in [-0.15, -0.1) is 0 Å². The highest BCUT2D eigenvalue weighted by molar-refractivity contribution is 5.90. The fourth-order valence-electron chi connectivity index (χ4n) is 3.36. The lowest BCUT2D eigenvalue weighted by Gasteiger charge is -2.34. The van der Waals surface area contributed by atoms with E-state index < -0.39 is 12.2 Å². The van der Waals surface area contributed by atoms with Gasteiger partial charge in [0.2, 0.25) is 0 Å². The van der Waals surface area contributed by atoms with Crippen molar-refractivity contribution in [1.82, 2.24) is 0 Å². The van der Waals surface area contributed by atoms with Gasteiger partial charge in [0.15, 0.2) is 0 Å². The van der Waals surface area contributed by atoms with Crippen LogP contribution in [0.1, 0.15) is 12.8 Å². The van der Waals surface area contributed by atoms with E-state index in [4.69, 9.17) is 14.6 Å². The van der Waals surface area contributed by atoms with E-state index in [0.717, 1.165) is 23.7 Å². The van der Waals surface area contributed by atoms with Crippen molar-refractivity contribution in [3.63, 3.8) is 0 Å². The van der Waals surface area contributed by atoms with Crippen LogP contribution in [-0.4, -0.2) is 49.6 Å². The molecule has 21 heavy (non-hydrogen) atoms. The van der Waals surface area contributed by atoms with Gasteiger partial charge < -0.3 is 19.5 Å². The van der Waals surface area contributed by atoms with Gasteiger partial charge in [0.05, 0.1) is 30.6 Å². The van der Waals surface area contributed by atoms with Crippen LogP contribution in [0.25, 0.3) is 0 Å². The molecule has 0 saturated carbocycles. The number of nitrogens with zero attached hydrogens (tertiary/aromatic N) is 2. The van der Waals surface area contributed by atoms with Gasteiger partial charge in [-0.05, 0) is 25.0 Å². The lowest BCUT2D eigenvalue weighted by molar-refractivity contribution is 0.0963. The van der Waals surface area contributed by atoms with Crippen LogP contribution in [0.15, 0.2) is 18.2 Å². The van der Waals surface area contributed by atoms with Crippen LogP contribution in [-0.2, 0) is 4.74 Å². The van der Waals surface area contributed by atoms with Crippen molar-refractivity contribution in [2.45, 2.75) is 25.0 Å². The zero-order valence-electron chi connectivity index (χ0n) is 11.7. The monoisotopic (exact) mass is 290 g/mol. The fraction of sp³-hybridized carbons (Fsp3) is 0.533. The quantitative estimate of drug-likeness (QED) is 0.891. The van der Waals surface area contributed by atoms with Gasteiger partial charge in [-0.3, -0.25) is 4.90 Å². The molecule has 1 N–H and O–H groups in total. The molecule has 0 spiro atoms. The van der Waals surface area contributed by atoms with Crippen LogP contribution < -0.4 is 14.5 Å². The van der Waals surface area contributed by atoms with Crippen molar-refractivity contribution in [1.29, 1.82) is 0 Å². The Morgan fingerprint density at radius 1 is 1.38 bits per heavy atom. The maximum absolute atomic E-state index is 11.8. The largest absolute Gasteiger partial charge is 0.489 e. The van der Waals surface area contributed by atoms with Crippen LogP contribution >= 0.6 is 0 Å². The van der Waals surface area contributed by atoms with E-state index in [0.29, 0.717) is 19.2 Å². The van der Waals surface area contributed by atoms with Gasteiger partial charge >= 0.3 is 6.09 Å². The molecule has 3 aliphatic rings. The minimum atomic E-state index is -0.447. The molecule has 4 rings (SSSR count). The molecule has 1 aromatic rings. The Bertz CT molecular complexity index is 577. The fourth-order valence-corrected chi connectivity index (χ4v) is 3.36. The third kappa shape index (κ3) is 2.01. The first-order valence-corrected chi connectivity index (χ1v) is 7.39. The maximum Gasteiger partial charge on any atom is 0.414 e. The first-order valence-electron chi connectivity index (χ1n) is 7.39. The number of anilines is 2. The number of ether oxygens (including phenoxy) is 2. The highest BCUT2D eigenvalue weighted by Crippen LogP contribution is 2.40. The van der Waals surface area contributed by atoms with Crippen LogP contribution in [0, 0.1) is 0 Å². The summed E-state index contributed by atoms with van der Waals surface area (Å²) in [7, 11) is 0. The number of benzene rings is 1. The summed E-state index contributed by atoms with van der Waals surface area (Å²) >= 11 is 0. The molecule has 2 saturated heterocycles. The summed E-state index contributed by atoms with van der Waals surface area (Å²) in [6, 6.07) is 6.31. The van der Waals surface area contributed by atoms with E-state index in [1.807, 2.05) is 18.2 Å². The number of rotatable bonds is 2. The molecule has 3 aliphatic heterocycles. The van der Waals surface area contributed by atoms with Gasteiger partial charge in [0, 0.05) is 12.6 Å². The minimum absolute atomic E-state index is 0.154. The Hall–Kier alpha value is -1.95. The van der Waals surface area contributed by atoms with Crippen LogP contribution in [0.5, 0.6) is 5.75 Å². The van der Waals surface area contributed by atoms with Gasteiger partial charge in [0.1, 0.15) is 18.5 Å². The molecule has 0 aromatic heterocycles. The Labute approximate surface area is 122 Å². The second-order valence-electron chi connectivity index (χ2n) is 5.75. The second-order valence-corrected chi connectivity index (χ2v) is 5.75. The van der Waals surface area contributed by atoms with E-state index in [1.165, 1.54) is 12.8 Å². The molecule has 0 unspecified atom stereocenters. The van der Waals surface area contributed by atoms with Crippen molar-refractivity contribution in [3.8, 4) is 5.75 Å². The van der Waals surface area contributed by atoms with Gasteiger partial charge in [0.25, 0.3) is 0 Å². The summed E-state index contributed by atoms with van der Waals surface area (Å²) in [5.41, 5.74) is 1.87. The van der Waals surface area contributed by atoms with Crippen molar-refractivity contribution < 1.29 is 19.4 Å². The number of hydrogen-bond acceptors (Lipinski definition) is 5. The summed E-state index contributed by atoms with van der Waals surface area (Å²) in [6.07, 6.45) is 1.52. The van der Waals surface area contributed by atoms with Crippen molar-refractivity contribution in [3.05, 3.63) is 18.2 Å². The first kappa shape index (κ1) is 12.8. The number of aliphatic hydroxyl groups is 1. The Kier molecular flexibility index (Phi) is 2.92.